The van der Waals surface area contributed by atoms with Crippen LogP contribution >= 0.6 is 35.0 Å². The van der Waals surface area contributed by atoms with Gasteiger partial charge in [0.15, 0.2) is 5.78 Å². The van der Waals surface area contributed by atoms with Crippen molar-refractivity contribution in [3.63, 3.8) is 0 Å². The number of aliphatic carboxylic acids is 1. The van der Waals surface area contributed by atoms with E-state index in [1.165, 1.54) is 17.8 Å². The molecule has 3 atom stereocenters. The Morgan fingerprint density at radius 3 is 2.34 bits per heavy atom. The maximum atomic E-state index is 15.2. The van der Waals surface area contributed by atoms with Crippen molar-refractivity contribution in [2.75, 3.05) is 31.2 Å². The predicted molar refractivity (Wildman–Crippen MR) is 149 cm³/mol. The summed E-state index contributed by atoms with van der Waals surface area (Å²) in [5, 5.41) is 10.7. The van der Waals surface area contributed by atoms with Crippen molar-refractivity contribution in [3.8, 4) is 5.75 Å². The van der Waals surface area contributed by atoms with Crippen LogP contribution in [0.2, 0.25) is 10.0 Å². The van der Waals surface area contributed by atoms with Crippen LogP contribution in [0.15, 0.2) is 30.3 Å². The summed E-state index contributed by atoms with van der Waals surface area (Å²) in [5.41, 5.74) is 1.97. The SMILES string of the molecule is C[C@@H](c1cc(Cl)cc(Cl)c1)N1CCC(COc2cc(F)c(C(=O)C3CSC[C@H]3C(=O)O)cc2C2CC2)CC1. The first kappa shape index (κ1) is 27.8. The molecule has 5 nitrogen and oxygen atoms in total. The number of thioether (sulfide) groups is 1. The van der Waals surface area contributed by atoms with Gasteiger partial charge in [0, 0.05) is 39.6 Å². The summed E-state index contributed by atoms with van der Waals surface area (Å²) in [6, 6.07) is 8.84. The van der Waals surface area contributed by atoms with Gasteiger partial charge in [-0.2, -0.15) is 11.8 Å². The lowest BCUT2D eigenvalue weighted by molar-refractivity contribution is -0.141. The molecule has 1 unspecified atom stereocenters. The van der Waals surface area contributed by atoms with E-state index in [1.807, 2.05) is 12.1 Å². The van der Waals surface area contributed by atoms with Crippen molar-refractivity contribution >= 4 is 46.7 Å². The molecule has 0 bridgehead atoms. The minimum atomic E-state index is -0.993. The molecule has 2 aliphatic heterocycles. The number of nitrogens with zero attached hydrogens (tertiary/aromatic N) is 1. The Balaban J connectivity index is 1.22. The monoisotopic (exact) mass is 579 g/mol. The maximum absolute atomic E-state index is 15.2. The van der Waals surface area contributed by atoms with Gasteiger partial charge in [0.25, 0.3) is 0 Å². The number of carbonyl (C=O) groups excluding carboxylic acids is 1. The van der Waals surface area contributed by atoms with Gasteiger partial charge in [0.05, 0.1) is 18.1 Å². The van der Waals surface area contributed by atoms with Crippen molar-refractivity contribution < 1.29 is 23.8 Å². The van der Waals surface area contributed by atoms with Crippen LogP contribution in [0.1, 0.15) is 66.1 Å². The number of benzene rings is 2. The number of hydrogen-bond acceptors (Lipinski definition) is 5. The minimum absolute atomic E-state index is 0.00131. The second-order valence-electron chi connectivity index (χ2n) is 10.8. The Hall–Kier alpha value is -1.80. The van der Waals surface area contributed by atoms with Gasteiger partial charge < -0.3 is 9.84 Å². The quantitative estimate of drug-likeness (QED) is 0.319. The van der Waals surface area contributed by atoms with Crippen LogP contribution in [0, 0.1) is 23.6 Å². The van der Waals surface area contributed by atoms with Crippen LogP contribution in [0.4, 0.5) is 4.39 Å². The van der Waals surface area contributed by atoms with Crippen LogP contribution in [0.5, 0.6) is 5.75 Å². The van der Waals surface area contributed by atoms with Crippen molar-refractivity contribution in [2.45, 2.75) is 44.6 Å². The predicted octanol–water partition coefficient (Wildman–Crippen LogP) is 7.11. The first-order chi connectivity index (χ1) is 18.2. The minimum Gasteiger partial charge on any atom is -0.493 e. The van der Waals surface area contributed by atoms with Gasteiger partial charge in [-0.15, -0.1) is 0 Å². The number of carboxylic acids is 1. The number of hydrogen-bond donors (Lipinski definition) is 1. The average Bonchev–Trinajstić information content (AvgIpc) is 3.61. The molecule has 0 radical (unpaired) electrons. The number of carboxylic acid groups (broad SMARTS) is 1. The summed E-state index contributed by atoms with van der Waals surface area (Å²) in [6.45, 7) is 4.49. The highest BCUT2D eigenvalue weighted by Crippen LogP contribution is 2.46. The number of ether oxygens (including phenoxy) is 1. The normalized spacial score (nSPS) is 23.4. The molecule has 204 valence electrons. The molecule has 2 aromatic carbocycles. The number of Topliss-reactive ketones (excluding diaryl/α,β-unsaturated/α-hetero) is 1. The summed E-state index contributed by atoms with van der Waals surface area (Å²) in [5.74, 6) is -1.56. The zero-order valence-corrected chi connectivity index (χ0v) is 23.6. The Morgan fingerprint density at radius 1 is 1.05 bits per heavy atom. The molecule has 1 N–H and O–H groups in total. The zero-order chi connectivity index (χ0) is 27.0. The molecule has 0 amide bonds. The van der Waals surface area contributed by atoms with Crippen molar-refractivity contribution in [1.29, 1.82) is 0 Å². The average molecular weight is 581 g/mol. The van der Waals surface area contributed by atoms with Crippen LogP contribution in [0.25, 0.3) is 0 Å². The molecule has 1 aliphatic carbocycles. The lowest BCUT2D eigenvalue weighted by Crippen LogP contribution is -2.37. The van der Waals surface area contributed by atoms with Crippen molar-refractivity contribution in [3.05, 3.63) is 62.9 Å². The number of ketones is 1. The van der Waals surface area contributed by atoms with Gasteiger partial charge in [0.2, 0.25) is 0 Å². The first-order valence-corrected chi connectivity index (χ1v) is 15.1. The number of carbonyl (C=O) groups is 2. The topological polar surface area (TPSA) is 66.8 Å². The molecular weight excluding hydrogens is 548 g/mol. The third-order valence-electron chi connectivity index (χ3n) is 8.16. The largest absolute Gasteiger partial charge is 0.493 e. The second kappa shape index (κ2) is 11.7. The van der Waals surface area contributed by atoms with E-state index in [-0.39, 0.29) is 17.5 Å². The molecule has 1 saturated carbocycles. The molecule has 9 heteroatoms. The van der Waals surface area contributed by atoms with Gasteiger partial charge in [-0.25, -0.2) is 4.39 Å². The zero-order valence-electron chi connectivity index (χ0n) is 21.3. The van der Waals surface area contributed by atoms with E-state index in [9.17, 15) is 14.7 Å². The highest BCUT2D eigenvalue weighted by atomic mass is 35.5. The molecule has 2 aromatic rings. The third-order valence-corrected chi connectivity index (χ3v) is 9.78. The van der Waals surface area contributed by atoms with Gasteiger partial charge >= 0.3 is 5.97 Å². The molecule has 0 spiro atoms. The number of piperidine rings is 1. The summed E-state index contributed by atoms with van der Waals surface area (Å²) in [6.07, 6.45) is 3.89. The Morgan fingerprint density at radius 2 is 1.71 bits per heavy atom. The molecule has 2 heterocycles. The van der Waals surface area contributed by atoms with Crippen molar-refractivity contribution in [2.24, 2.45) is 17.8 Å². The number of halogens is 3. The molecule has 5 rings (SSSR count). The van der Waals surface area contributed by atoms with E-state index < -0.39 is 29.4 Å². The first-order valence-electron chi connectivity index (χ1n) is 13.2. The molecule has 0 aromatic heterocycles. The van der Waals surface area contributed by atoms with Crippen LogP contribution < -0.4 is 4.74 Å². The fourth-order valence-electron chi connectivity index (χ4n) is 5.60. The van der Waals surface area contributed by atoms with Crippen LogP contribution in [-0.2, 0) is 4.79 Å². The summed E-state index contributed by atoms with van der Waals surface area (Å²) in [7, 11) is 0. The fraction of sp³-hybridized carbons (Fsp3) is 0.517. The highest BCUT2D eigenvalue weighted by Gasteiger charge is 2.40. The Kier molecular flexibility index (Phi) is 8.58. The molecule has 2 saturated heterocycles. The molecule has 3 aliphatic rings. The third kappa shape index (κ3) is 6.16. The molecule has 3 fully saturated rings. The van der Waals surface area contributed by atoms with E-state index in [2.05, 4.69) is 11.8 Å². The molecular formula is C29H32Cl2FNO4S. The second-order valence-corrected chi connectivity index (χ2v) is 12.7. The highest BCUT2D eigenvalue weighted by molar-refractivity contribution is 7.99. The lowest BCUT2D eigenvalue weighted by Gasteiger charge is -2.36. The van der Waals surface area contributed by atoms with E-state index in [0.717, 1.165) is 49.9 Å². The van der Waals surface area contributed by atoms with Gasteiger partial charge in [-0.05, 0) is 92.9 Å². The summed E-state index contributed by atoms with van der Waals surface area (Å²) >= 11 is 13.8. The van der Waals surface area contributed by atoms with E-state index in [0.29, 0.717) is 39.8 Å². The van der Waals surface area contributed by atoms with E-state index in [1.54, 1.807) is 12.1 Å². The van der Waals surface area contributed by atoms with E-state index in [4.69, 9.17) is 27.9 Å². The number of rotatable bonds is 9. The maximum Gasteiger partial charge on any atom is 0.308 e. The lowest BCUT2D eigenvalue weighted by atomic mass is 9.87. The smallest absolute Gasteiger partial charge is 0.308 e. The Labute approximate surface area is 237 Å². The van der Waals surface area contributed by atoms with Gasteiger partial charge in [0.1, 0.15) is 11.6 Å². The molecule has 38 heavy (non-hydrogen) atoms. The summed E-state index contributed by atoms with van der Waals surface area (Å²) in [4.78, 5) is 27.1. The van der Waals surface area contributed by atoms with Crippen LogP contribution in [0.3, 0.4) is 0 Å². The number of likely N-dealkylation sites (tertiary alicyclic amines) is 1. The standard InChI is InChI=1S/C29H32Cl2FNO4S/c1-16(19-8-20(30)10-21(31)9-19)33-6-4-17(5-7-33)13-37-27-12-26(32)23(11-22(27)18-2-3-18)28(34)24-14-38-15-25(24)29(35)36/h8-12,16-18,24-25H,2-7,13-15H2,1H3,(H,35,36)/t16-,24?,25+/m0/s1. The van der Waals surface area contributed by atoms with Crippen LogP contribution in [-0.4, -0.2) is 53.0 Å². The van der Waals surface area contributed by atoms with Crippen molar-refractivity contribution in [1.82, 2.24) is 4.90 Å². The summed E-state index contributed by atoms with van der Waals surface area (Å²) < 4.78 is 21.4. The van der Waals surface area contributed by atoms with Gasteiger partial charge in [-0.1, -0.05) is 23.2 Å². The van der Waals surface area contributed by atoms with E-state index >= 15 is 4.39 Å². The Bertz CT molecular complexity index is 1200. The van der Waals surface area contributed by atoms with Gasteiger partial charge in [-0.3, -0.25) is 14.5 Å². The fourth-order valence-corrected chi connectivity index (χ4v) is 7.54.